The zero-order chi connectivity index (χ0) is 12.4. The maximum atomic E-state index is 11.9. The molecule has 0 aliphatic carbocycles. The van der Waals surface area contributed by atoms with Gasteiger partial charge in [-0.25, -0.2) is 4.98 Å². The number of amides is 1. The van der Waals surface area contributed by atoms with E-state index < -0.39 is 0 Å². The number of hydrogen-bond donors (Lipinski definition) is 1. The molecule has 7 nitrogen and oxygen atoms in total. The summed E-state index contributed by atoms with van der Waals surface area (Å²) in [5.74, 6) is 1.01. The van der Waals surface area contributed by atoms with Crippen molar-refractivity contribution in [2.45, 2.75) is 13.5 Å². The van der Waals surface area contributed by atoms with Crippen LogP contribution in [0.3, 0.4) is 0 Å². The number of aromatic nitrogens is 5. The summed E-state index contributed by atoms with van der Waals surface area (Å²) < 4.78 is 0.246. The second kappa shape index (κ2) is 4.76. The van der Waals surface area contributed by atoms with Crippen molar-refractivity contribution in [3.05, 3.63) is 21.1 Å². The van der Waals surface area contributed by atoms with Crippen LogP contribution in [-0.4, -0.2) is 43.2 Å². The van der Waals surface area contributed by atoms with E-state index in [1.165, 1.54) is 4.90 Å². The number of carbonyl (C=O) groups is 1. The van der Waals surface area contributed by atoms with Crippen molar-refractivity contribution in [3.63, 3.8) is 0 Å². The molecule has 9 heteroatoms. The first-order valence-corrected chi connectivity index (χ1v) is 5.88. The molecule has 90 valence electrons. The van der Waals surface area contributed by atoms with Gasteiger partial charge in [0.1, 0.15) is 5.82 Å². The Morgan fingerprint density at radius 1 is 1.53 bits per heavy atom. The Morgan fingerprint density at radius 2 is 2.29 bits per heavy atom. The summed E-state index contributed by atoms with van der Waals surface area (Å²) in [4.78, 5) is 17.4. The third-order valence-electron chi connectivity index (χ3n) is 1.95. The smallest absolute Gasteiger partial charge is 0.285 e. The van der Waals surface area contributed by atoms with E-state index in [9.17, 15) is 4.79 Å². The number of aryl methyl sites for hydroxylation is 1. The molecule has 0 fully saturated rings. The van der Waals surface area contributed by atoms with E-state index in [1.807, 2.05) is 0 Å². The van der Waals surface area contributed by atoms with Crippen LogP contribution in [-0.2, 0) is 6.54 Å². The monoisotopic (exact) mass is 272 g/mol. The molecule has 2 aromatic heterocycles. The van der Waals surface area contributed by atoms with Crippen LogP contribution in [0.2, 0.25) is 4.47 Å². The maximum absolute atomic E-state index is 11.9. The Bertz CT molecular complexity index is 538. The molecule has 0 saturated carbocycles. The molecule has 2 rings (SSSR count). The molecule has 0 spiro atoms. The van der Waals surface area contributed by atoms with Gasteiger partial charge in [-0.05, 0) is 18.5 Å². The van der Waals surface area contributed by atoms with E-state index in [0.717, 1.165) is 11.3 Å². The second-order valence-electron chi connectivity index (χ2n) is 3.36. The van der Waals surface area contributed by atoms with Gasteiger partial charge in [0, 0.05) is 7.05 Å². The van der Waals surface area contributed by atoms with Crippen LogP contribution >= 0.6 is 22.9 Å². The zero-order valence-corrected chi connectivity index (χ0v) is 10.7. The number of halogens is 1. The Balaban J connectivity index is 2.05. The highest BCUT2D eigenvalue weighted by Gasteiger charge is 2.18. The molecule has 0 aliphatic heterocycles. The highest BCUT2D eigenvalue weighted by atomic mass is 35.5. The number of carbonyl (C=O) groups excluding carboxylic acids is 1. The fourth-order valence-corrected chi connectivity index (χ4v) is 2.02. The molecule has 0 bridgehead atoms. The van der Waals surface area contributed by atoms with Crippen molar-refractivity contribution in [1.29, 1.82) is 0 Å². The minimum atomic E-state index is -0.253. The molecule has 0 saturated heterocycles. The third kappa shape index (κ3) is 2.77. The van der Waals surface area contributed by atoms with Crippen LogP contribution in [0, 0.1) is 6.92 Å². The predicted octanol–water partition coefficient (Wildman–Crippen LogP) is 0.890. The second-order valence-corrected chi connectivity index (χ2v) is 4.92. The molecule has 0 radical (unpaired) electrons. The van der Waals surface area contributed by atoms with Crippen LogP contribution < -0.4 is 0 Å². The molecule has 1 amide bonds. The highest BCUT2D eigenvalue weighted by molar-refractivity contribution is 7.17. The summed E-state index contributed by atoms with van der Waals surface area (Å²) in [6, 6.07) is 0. The standard InChI is InChI=1S/C8H9ClN6OS/c1-4-10-5(12-11-4)3-15(2)7(16)6-13-14-8(9)17-6/h3H2,1-2H3,(H,10,11,12). The van der Waals surface area contributed by atoms with E-state index in [4.69, 9.17) is 11.6 Å². The first-order chi connectivity index (χ1) is 8.06. The van der Waals surface area contributed by atoms with Crippen molar-refractivity contribution >= 4 is 28.8 Å². The zero-order valence-electron chi connectivity index (χ0n) is 9.14. The molecule has 2 heterocycles. The minimum absolute atomic E-state index is 0.246. The topological polar surface area (TPSA) is 87.7 Å². The number of hydrogen-bond acceptors (Lipinski definition) is 6. The summed E-state index contributed by atoms with van der Waals surface area (Å²) in [7, 11) is 1.64. The van der Waals surface area contributed by atoms with Gasteiger partial charge in [-0.1, -0.05) is 11.3 Å². The summed E-state index contributed by atoms with van der Waals surface area (Å²) in [5, 5.41) is 14.2. The number of rotatable bonds is 3. The first-order valence-electron chi connectivity index (χ1n) is 4.68. The molecule has 0 unspecified atom stereocenters. The van der Waals surface area contributed by atoms with Crippen molar-refractivity contribution in [2.75, 3.05) is 7.05 Å². The van der Waals surface area contributed by atoms with Gasteiger partial charge < -0.3 is 4.90 Å². The van der Waals surface area contributed by atoms with Gasteiger partial charge in [0.15, 0.2) is 5.82 Å². The largest absolute Gasteiger partial charge is 0.332 e. The Morgan fingerprint density at radius 3 is 2.82 bits per heavy atom. The van der Waals surface area contributed by atoms with E-state index in [2.05, 4.69) is 25.4 Å². The average Bonchev–Trinajstić information content (AvgIpc) is 2.87. The van der Waals surface area contributed by atoms with E-state index in [1.54, 1.807) is 14.0 Å². The van der Waals surface area contributed by atoms with Gasteiger partial charge in [-0.15, -0.1) is 10.2 Å². The quantitative estimate of drug-likeness (QED) is 0.896. The molecule has 0 aliphatic rings. The van der Waals surface area contributed by atoms with E-state index >= 15 is 0 Å². The predicted molar refractivity (Wildman–Crippen MR) is 61.8 cm³/mol. The Hall–Kier alpha value is -1.54. The Labute approximate surface area is 106 Å². The summed E-state index contributed by atoms with van der Waals surface area (Å²) in [6.07, 6.45) is 0. The lowest BCUT2D eigenvalue weighted by molar-refractivity contribution is 0.0780. The van der Waals surface area contributed by atoms with Crippen molar-refractivity contribution in [3.8, 4) is 0 Å². The normalized spacial score (nSPS) is 10.5. The van der Waals surface area contributed by atoms with Crippen LogP contribution in [0.4, 0.5) is 0 Å². The summed E-state index contributed by atoms with van der Waals surface area (Å²) in [5.41, 5.74) is 0. The highest BCUT2D eigenvalue weighted by Crippen LogP contribution is 2.16. The van der Waals surface area contributed by atoms with Crippen LogP contribution in [0.25, 0.3) is 0 Å². The number of nitrogens with one attached hydrogen (secondary N) is 1. The molecular weight excluding hydrogens is 264 g/mol. The fraction of sp³-hybridized carbons (Fsp3) is 0.375. The van der Waals surface area contributed by atoms with Crippen LogP contribution in [0.1, 0.15) is 21.5 Å². The van der Waals surface area contributed by atoms with Crippen molar-refractivity contribution < 1.29 is 4.79 Å². The third-order valence-corrected chi connectivity index (χ3v) is 2.96. The Kier molecular flexibility index (Phi) is 3.34. The number of nitrogens with zero attached hydrogens (tertiary/aromatic N) is 5. The lowest BCUT2D eigenvalue weighted by atomic mass is 10.5. The summed E-state index contributed by atoms with van der Waals surface area (Å²) >= 11 is 6.66. The van der Waals surface area contributed by atoms with E-state index in [0.29, 0.717) is 18.2 Å². The molecular formula is C8H9ClN6OS. The van der Waals surface area contributed by atoms with E-state index in [-0.39, 0.29) is 15.4 Å². The fourth-order valence-electron chi connectivity index (χ4n) is 1.20. The average molecular weight is 273 g/mol. The van der Waals surface area contributed by atoms with Gasteiger partial charge in [-0.3, -0.25) is 9.89 Å². The lowest BCUT2D eigenvalue weighted by Gasteiger charge is -2.12. The van der Waals surface area contributed by atoms with Crippen LogP contribution in [0.15, 0.2) is 0 Å². The minimum Gasteiger partial charge on any atom is -0.332 e. The van der Waals surface area contributed by atoms with Crippen molar-refractivity contribution in [1.82, 2.24) is 30.3 Å². The lowest BCUT2D eigenvalue weighted by Crippen LogP contribution is -2.26. The summed E-state index contributed by atoms with van der Waals surface area (Å²) in [6.45, 7) is 2.10. The van der Waals surface area contributed by atoms with Crippen molar-refractivity contribution in [2.24, 2.45) is 0 Å². The van der Waals surface area contributed by atoms with Gasteiger partial charge >= 0.3 is 0 Å². The number of aromatic amines is 1. The molecule has 0 atom stereocenters. The van der Waals surface area contributed by atoms with Gasteiger partial charge in [0.2, 0.25) is 9.47 Å². The number of H-pyrrole nitrogens is 1. The molecule has 0 aromatic carbocycles. The first kappa shape index (κ1) is 11.9. The molecule has 17 heavy (non-hydrogen) atoms. The van der Waals surface area contributed by atoms with Gasteiger partial charge in [0.05, 0.1) is 6.54 Å². The molecule has 2 aromatic rings. The van der Waals surface area contributed by atoms with Gasteiger partial charge in [-0.2, -0.15) is 5.10 Å². The van der Waals surface area contributed by atoms with Gasteiger partial charge in [0.25, 0.3) is 5.91 Å². The van der Waals surface area contributed by atoms with Crippen LogP contribution in [0.5, 0.6) is 0 Å². The SMILES string of the molecule is Cc1nc(CN(C)C(=O)c2nnc(Cl)s2)n[nH]1. The maximum Gasteiger partial charge on any atom is 0.285 e. The molecule has 1 N–H and O–H groups in total.